The van der Waals surface area contributed by atoms with Gasteiger partial charge in [0.05, 0.1) is 35.6 Å². The minimum absolute atomic E-state index is 0.00786. The molecular weight excluding hydrogens is 446 g/mol. The highest BCUT2D eigenvalue weighted by Gasteiger charge is 2.36. The van der Waals surface area contributed by atoms with Crippen LogP contribution in [0, 0.1) is 5.92 Å². The van der Waals surface area contributed by atoms with Crippen LogP contribution in [0.2, 0.25) is 0 Å². The van der Waals surface area contributed by atoms with Gasteiger partial charge in [0.25, 0.3) is 17.4 Å². The molecule has 0 spiro atoms. The molecule has 1 fully saturated rings. The molecule has 4 aromatic rings. The third-order valence-corrected chi connectivity index (χ3v) is 6.77. The number of piperidine rings is 1. The van der Waals surface area contributed by atoms with Gasteiger partial charge in [0.1, 0.15) is 6.26 Å². The van der Waals surface area contributed by atoms with E-state index in [1.807, 2.05) is 27.7 Å². The number of nitrogens with zero attached hydrogens (tertiary/aromatic N) is 4. The number of likely N-dealkylation sites (tertiary alicyclic amines) is 1. The Morgan fingerprint density at radius 2 is 1.86 bits per heavy atom. The fraction of sp³-hybridized carbons (Fsp3) is 0.231. The third kappa shape index (κ3) is 3.95. The molecule has 3 aromatic heterocycles. The molecule has 1 aromatic carbocycles. The predicted molar refractivity (Wildman–Crippen MR) is 128 cm³/mol. The highest BCUT2D eigenvalue weighted by atomic mass is 16.3. The fourth-order valence-electron chi connectivity index (χ4n) is 5.13. The van der Waals surface area contributed by atoms with Crippen molar-refractivity contribution >= 4 is 17.5 Å². The lowest BCUT2D eigenvalue weighted by Gasteiger charge is -2.42. The Morgan fingerprint density at radius 1 is 1.00 bits per heavy atom. The Kier molecular flexibility index (Phi) is 5.09. The Balaban J connectivity index is 1.15. The van der Waals surface area contributed by atoms with Gasteiger partial charge in [-0.3, -0.25) is 14.4 Å². The zero-order valence-corrected chi connectivity index (χ0v) is 18.8. The van der Waals surface area contributed by atoms with Crippen LogP contribution in [0.25, 0.3) is 5.69 Å². The molecule has 1 saturated heterocycles. The molecule has 5 heterocycles. The number of fused-ring (bicyclic) bond motifs is 4. The molecule has 9 heteroatoms. The summed E-state index contributed by atoms with van der Waals surface area (Å²) in [5.74, 6) is 0.174. The van der Waals surface area contributed by atoms with Crippen molar-refractivity contribution in [1.29, 1.82) is 0 Å². The number of carbonyl (C=O) groups excluding carboxylic acids is 2. The summed E-state index contributed by atoms with van der Waals surface area (Å²) in [4.78, 5) is 39.6. The molecule has 2 amide bonds. The number of nitrogens with one attached hydrogen (secondary N) is 1. The van der Waals surface area contributed by atoms with Crippen LogP contribution in [0.1, 0.15) is 38.7 Å². The molecule has 0 radical (unpaired) electrons. The Morgan fingerprint density at radius 3 is 2.66 bits per heavy atom. The number of anilines is 1. The van der Waals surface area contributed by atoms with Crippen LogP contribution in [-0.2, 0) is 6.54 Å². The van der Waals surface area contributed by atoms with Crippen LogP contribution >= 0.6 is 0 Å². The predicted octanol–water partition coefficient (Wildman–Crippen LogP) is 3.14. The second-order valence-electron chi connectivity index (χ2n) is 9.09. The van der Waals surface area contributed by atoms with Gasteiger partial charge in [0.15, 0.2) is 0 Å². The van der Waals surface area contributed by atoms with Crippen molar-refractivity contribution in [1.82, 2.24) is 19.2 Å². The van der Waals surface area contributed by atoms with Gasteiger partial charge < -0.3 is 19.2 Å². The van der Waals surface area contributed by atoms with Crippen LogP contribution in [-0.4, -0.2) is 44.2 Å². The Hall–Kier alpha value is -4.40. The van der Waals surface area contributed by atoms with E-state index < -0.39 is 0 Å². The number of furan rings is 1. The van der Waals surface area contributed by atoms with E-state index in [-0.39, 0.29) is 29.2 Å². The number of pyridine rings is 1. The molecule has 35 heavy (non-hydrogen) atoms. The van der Waals surface area contributed by atoms with E-state index in [1.54, 1.807) is 47.4 Å². The zero-order chi connectivity index (χ0) is 23.9. The SMILES string of the molecule is O=C(Nc1cnn(-c2ccc(C(=O)N3CC4CC(C3)c3cccc(=O)n3C4)cc2)c1)c1ccoc1. The van der Waals surface area contributed by atoms with Crippen molar-refractivity contribution in [3.63, 3.8) is 0 Å². The zero-order valence-electron chi connectivity index (χ0n) is 18.8. The van der Waals surface area contributed by atoms with E-state index in [4.69, 9.17) is 4.42 Å². The molecule has 6 rings (SSSR count). The second kappa shape index (κ2) is 8.43. The van der Waals surface area contributed by atoms with Crippen LogP contribution in [0.4, 0.5) is 5.69 Å². The number of aromatic nitrogens is 3. The maximum atomic E-state index is 13.3. The van der Waals surface area contributed by atoms with Crippen molar-refractivity contribution in [3.05, 3.63) is 101 Å². The highest BCUT2D eigenvalue weighted by Crippen LogP contribution is 2.35. The van der Waals surface area contributed by atoms with E-state index in [0.29, 0.717) is 36.4 Å². The molecular formula is C26H23N5O4. The monoisotopic (exact) mass is 469 g/mol. The largest absolute Gasteiger partial charge is 0.472 e. The first kappa shape index (κ1) is 21.2. The van der Waals surface area contributed by atoms with Gasteiger partial charge >= 0.3 is 0 Å². The van der Waals surface area contributed by atoms with E-state index in [2.05, 4.69) is 10.4 Å². The number of carbonyl (C=O) groups is 2. The average Bonchev–Trinajstić information content (AvgIpc) is 3.57. The molecule has 2 atom stereocenters. The number of amides is 2. The van der Waals surface area contributed by atoms with Crippen molar-refractivity contribution in [2.45, 2.75) is 18.9 Å². The summed E-state index contributed by atoms with van der Waals surface area (Å²) < 4.78 is 8.44. The Labute approximate surface area is 200 Å². The quantitative estimate of drug-likeness (QED) is 0.495. The molecule has 9 nitrogen and oxygen atoms in total. The first-order valence-electron chi connectivity index (χ1n) is 11.5. The first-order valence-corrected chi connectivity index (χ1v) is 11.5. The van der Waals surface area contributed by atoms with Gasteiger partial charge in [0.2, 0.25) is 0 Å². The van der Waals surface area contributed by atoms with Crippen molar-refractivity contribution in [2.24, 2.45) is 5.92 Å². The average molecular weight is 470 g/mol. The van der Waals surface area contributed by atoms with Gasteiger partial charge in [-0.1, -0.05) is 6.07 Å². The fourth-order valence-corrected chi connectivity index (χ4v) is 5.13. The molecule has 2 aliphatic heterocycles. The van der Waals surface area contributed by atoms with E-state index in [9.17, 15) is 14.4 Å². The number of benzene rings is 1. The van der Waals surface area contributed by atoms with Crippen LogP contribution < -0.4 is 10.9 Å². The molecule has 0 saturated carbocycles. The van der Waals surface area contributed by atoms with E-state index in [0.717, 1.165) is 17.8 Å². The van der Waals surface area contributed by atoms with Crippen molar-refractivity contribution in [3.8, 4) is 5.69 Å². The molecule has 2 bridgehead atoms. The number of hydrogen-bond acceptors (Lipinski definition) is 5. The molecule has 1 N–H and O–H groups in total. The van der Waals surface area contributed by atoms with E-state index >= 15 is 0 Å². The smallest absolute Gasteiger partial charge is 0.259 e. The van der Waals surface area contributed by atoms with Gasteiger partial charge in [-0.05, 0) is 48.7 Å². The van der Waals surface area contributed by atoms with Crippen LogP contribution in [0.3, 0.4) is 0 Å². The van der Waals surface area contributed by atoms with Gasteiger partial charge in [-0.15, -0.1) is 0 Å². The lowest BCUT2D eigenvalue weighted by molar-refractivity contribution is 0.0594. The second-order valence-corrected chi connectivity index (χ2v) is 9.09. The van der Waals surface area contributed by atoms with Crippen LogP contribution in [0.5, 0.6) is 0 Å². The molecule has 2 aliphatic rings. The Bertz CT molecular complexity index is 1450. The summed E-state index contributed by atoms with van der Waals surface area (Å²) in [6.07, 6.45) is 7.10. The summed E-state index contributed by atoms with van der Waals surface area (Å²) in [6.45, 7) is 1.92. The molecule has 0 aliphatic carbocycles. The summed E-state index contributed by atoms with van der Waals surface area (Å²) in [7, 11) is 0. The lowest BCUT2D eigenvalue weighted by Crippen LogP contribution is -2.49. The topological polar surface area (TPSA) is 102 Å². The van der Waals surface area contributed by atoms with Crippen molar-refractivity contribution < 1.29 is 14.0 Å². The minimum atomic E-state index is -0.280. The van der Waals surface area contributed by atoms with Gasteiger partial charge in [-0.2, -0.15) is 5.10 Å². The molecule has 176 valence electrons. The number of rotatable bonds is 4. The molecule has 2 unspecified atom stereocenters. The summed E-state index contributed by atoms with van der Waals surface area (Å²) in [5, 5.41) is 7.08. The lowest BCUT2D eigenvalue weighted by atomic mass is 9.83. The first-order chi connectivity index (χ1) is 17.0. The van der Waals surface area contributed by atoms with Gasteiger partial charge in [0, 0.05) is 42.9 Å². The van der Waals surface area contributed by atoms with Gasteiger partial charge in [-0.25, -0.2) is 4.68 Å². The normalized spacial score (nSPS) is 18.7. The summed E-state index contributed by atoms with van der Waals surface area (Å²) >= 11 is 0. The maximum Gasteiger partial charge on any atom is 0.259 e. The van der Waals surface area contributed by atoms with E-state index in [1.165, 1.54) is 12.5 Å². The number of hydrogen-bond donors (Lipinski definition) is 1. The standard InChI is InChI=1S/C26H23N5O4/c32-24-3-1-2-23-20-10-17(13-30(23)24)12-29(14-20)26(34)18-4-6-22(7-5-18)31-15-21(11-27-31)28-25(33)19-8-9-35-16-19/h1-9,11,15-17,20H,10,12-14H2,(H,28,33). The maximum absolute atomic E-state index is 13.3. The van der Waals surface area contributed by atoms with Crippen molar-refractivity contribution in [2.75, 3.05) is 18.4 Å². The minimum Gasteiger partial charge on any atom is -0.472 e. The van der Waals surface area contributed by atoms with Crippen LogP contribution in [0.15, 0.2) is 82.7 Å². The summed E-state index contributed by atoms with van der Waals surface area (Å²) in [6, 6.07) is 14.3. The third-order valence-electron chi connectivity index (χ3n) is 6.77. The highest BCUT2D eigenvalue weighted by molar-refractivity contribution is 6.03. The summed E-state index contributed by atoms with van der Waals surface area (Å²) in [5.41, 5.74) is 3.42.